The normalized spacial score (nSPS) is 13.2. The van der Waals surface area contributed by atoms with E-state index in [1.54, 1.807) is 51.1 Å². The number of halogens is 1. The molecule has 166 valence electrons. The summed E-state index contributed by atoms with van der Waals surface area (Å²) in [5.41, 5.74) is 1.58. The molecule has 2 aromatic carbocycles. The number of hydrogen-bond donors (Lipinski definition) is 3. The number of imidazole rings is 1. The van der Waals surface area contributed by atoms with Crippen molar-refractivity contribution in [2.45, 2.75) is 39.3 Å². The van der Waals surface area contributed by atoms with Crippen LogP contribution in [0.2, 0.25) is 0 Å². The van der Waals surface area contributed by atoms with E-state index in [9.17, 15) is 19.1 Å². The van der Waals surface area contributed by atoms with Gasteiger partial charge in [0.2, 0.25) is 0 Å². The van der Waals surface area contributed by atoms with Crippen LogP contribution in [-0.4, -0.2) is 32.7 Å². The number of nitrogens with one attached hydrogen (secondary N) is 2. The maximum atomic E-state index is 14.0. The molecule has 0 fully saturated rings. The van der Waals surface area contributed by atoms with Gasteiger partial charge in [-0.05, 0) is 63.1 Å². The van der Waals surface area contributed by atoms with Crippen LogP contribution in [-0.2, 0) is 9.53 Å². The van der Waals surface area contributed by atoms with Gasteiger partial charge in [-0.3, -0.25) is 4.79 Å². The summed E-state index contributed by atoms with van der Waals surface area (Å²) in [5.74, 6) is -2.47. The number of aliphatic carboxylic acids is 1. The maximum absolute atomic E-state index is 14.0. The first-order valence-corrected chi connectivity index (χ1v) is 9.90. The smallest absolute Gasteiger partial charge is 0.408 e. The molecule has 1 aromatic heterocycles. The summed E-state index contributed by atoms with van der Waals surface area (Å²) in [6.07, 6.45) is -0.759. The molecule has 0 spiro atoms. The van der Waals surface area contributed by atoms with Crippen molar-refractivity contribution in [3.8, 4) is 17.2 Å². The fraction of sp³-hybridized carbons (Fsp3) is 0.304. The highest BCUT2D eigenvalue weighted by atomic mass is 19.1. The SMILES string of the molecule is C[C@@H](C(=O)O)[C@H](NC(=O)OC(C)(C)C)c1nc2ccc(-c3ccc(C#N)c(F)c3)cc2[nH]1. The van der Waals surface area contributed by atoms with Crippen molar-refractivity contribution in [2.75, 3.05) is 0 Å². The molecular weight excluding hydrogens is 415 g/mol. The second kappa shape index (κ2) is 8.67. The molecule has 9 heteroatoms. The first-order chi connectivity index (χ1) is 15.0. The fourth-order valence-electron chi connectivity index (χ4n) is 3.15. The fourth-order valence-corrected chi connectivity index (χ4v) is 3.15. The van der Waals surface area contributed by atoms with Gasteiger partial charge in [0.15, 0.2) is 0 Å². The van der Waals surface area contributed by atoms with E-state index in [0.717, 1.165) is 0 Å². The molecule has 3 aromatic rings. The summed E-state index contributed by atoms with van der Waals surface area (Å²) < 4.78 is 19.3. The number of carbonyl (C=O) groups is 2. The van der Waals surface area contributed by atoms with E-state index >= 15 is 0 Å². The van der Waals surface area contributed by atoms with Gasteiger partial charge >= 0.3 is 12.1 Å². The first kappa shape index (κ1) is 22.7. The Balaban J connectivity index is 1.97. The second-order valence-electron chi connectivity index (χ2n) is 8.41. The number of aromatic amines is 1. The van der Waals surface area contributed by atoms with Crippen molar-refractivity contribution in [2.24, 2.45) is 5.92 Å². The van der Waals surface area contributed by atoms with E-state index in [-0.39, 0.29) is 11.4 Å². The standard InChI is InChI=1S/C23H23FN4O4/c1-12(21(29)30)19(28-22(31)32-23(2,3)4)20-26-17-8-7-14(10-18(17)27-20)13-5-6-15(11-25)16(24)9-13/h5-10,12,19H,1-4H3,(H,26,27)(H,28,31)(H,29,30)/t12-,19+/m1/s1. The number of H-pyrrole nitrogens is 1. The van der Waals surface area contributed by atoms with Gasteiger partial charge in [-0.1, -0.05) is 12.1 Å². The topological polar surface area (TPSA) is 128 Å². The lowest BCUT2D eigenvalue weighted by molar-refractivity contribution is -0.142. The van der Waals surface area contributed by atoms with Crippen LogP contribution in [0, 0.1) is 23.1 Å². The number of nitrogens with zero attached hydrogens (tertiary/aromatic N) is 2. The summed E-state index contributed by atoms with van der Waals surface area (Å²) in [6.45, 7) is 6.58. The van der Waals surface area contributed by atoms with Gasteiger partial charge in [0, 0.05) is 0 Å². The summed E-state index contributed by atoms with van der Waals surface area (Å²) in [4.78, 5) is 31.4. The van der Waals surface area contributed by atoms with Crippen LogP contribution in [0.4, 0.5) is 9.18 Å². The number of amides is 1. The zero-order valence-electron chi connectivity index (χ0n) is 18.1. The average molecular weight is 438 g/mol. The molecule has 8 nitrogen and oxygen atoms in total. The molecule has 0 saturated carbocycles. The van der Waals surface area contributed by atoms with E-state index in [4.69, 9.17) is 10.00 Å². The van der Waals surface area contributed by atoms with Crippen molar-refractivity contribution in [1.82, 2.24) is 15.3 Å². The molecule has 0 saturated heterocycles. The van der Waals surface area contributed by atoms with E-state index < -0.39 is 35.4 Å². The van der Waals surface area contributed by atoms with E-state index in [1.165, 1.54) is 19.1 Å². The number of carboxylic acid groups (broad SMARTS) is 1. The molecule has 0 aliphatic rings. The number of hydrogen-bond acceptors (Lipinski definition) is 5. The Morgan fingerprint density at radius 2 is 1.88 bits per heavy atom. The predicted molar refractivity (Wildman–Crippen MR) is 115 cm³/mol. The van der Waals surface area contributed by atoms with Crippen molar-refractivity contribution in [3.05, 3.63) is 53.6 Å². The average Bonchev–Trinajstić information content (AvgIpc) is 3.13. The number of nitriles is 1. The Morgan fingerprint density at radius 3 is 2.47 bits per heavy atom. The minimum Gasteiger partial charge on any atom is -0.481 e. The van der Waals surface area contributed by atoms with Crippen LogP contribution in [0.5, 0.6) is 0 Å². The maximum Gasteiger partial charge on any atom is 0.408 e. The molecule has 32 heavy (non-hydrogen) atoms. The highest BCUT2D eigenvalue weighted by molar-refractivity contribution is 5.82. The van der Waals surface area contributed by atoms with Gasteiger partial charge in [0.1, 0.15) is 29.4 Å². The van der Waals surface area contributed by atoms with Crippen molar-refractivity contribution >= 4 is 23.1 Å². The third kappa shape index (κ3) is 5.03. The summed E-state index contributed by atoms with van der Waals surface area (Å²) >= 11 is 0. The van der Waals surface area contributed by atoms with E-state index in [0.29, 0.717) is 22.2 Å². The number of alkyl carbamates (subject to hydrolysis) is 1. The van der Waals surface area contributed by atoms with Gasteiger partial charge in [-0.2, -0.15) is 5.26 Å². The van der Waals surface area contributed by atoms with E-state index in [1.807, 2.05) is 0 Å². The Bertz CT molecular complexity index is 1220. The number of rotatable bonds is 5. The van der Waals surface area contributed by atoms with Crippen molar-refractivity contribution in [1.29, 1.82) is 5.26 Å². The monoisotopic (exact) mass is 438 g/mol. The molecule has 2 atom stereocenters. The minimum atomic E-state index is -1.11. The van der Waals surface area contributed by atoms with Gasteiger partial charge in [-0.25, -0.2) is 14.2 Å². The van der Waals surface area contributed by atoms with Crippen LogP contribution in [0.3, 0.4) is 0 Å². The van der Waals surface area contributed by atoms with Crippen LogP contribution < -0.4 is 5.32 Å². The molecule has 0 aliphatic heterocycles. The molecule has 0 bridgehead atoms. The summed E-state index contributed by atoms with van der Waals surface area (Å²) in [6, 6.07) is 10.3. The zero-order valence-corrected chi connectivity index (χ0v) is 18.1. The van der Waals surface area contributed by atoms with Crippen molar-refractivity contribution < 1.29 is 23.8 Å². The van der Waals surface area contributed by atoms with E-state index in [2.05, 4.69) is 15.3 Å². The number of ether oxygens (including phenoxy) is 1. The quantitative estimate of drug-likeness (QED) is 0.537. The Kier molecular flexibility index (Phi) is 6.16. The summed E-state index contributed by atoms with van der Waals surface area (Å²) in [7, 11) is 0. The lowest BCUT2D eigenvalue weighted by Gasteiger charge is -2.24. The summed E-state index contributed by atoms with van der Waals surface area (Å²) in [5, 5.41) is 21.0. The highest BCUT2D eigenvalue weighted by Crippen LogP contribution is 2.28. The molecule has 1 amide bonds. The van der Waals surface area contributed by atoms with Gasteiger partial charge in [0.05, 0.1) is 22.5 Å². The number of carboxylic acids is 1. The van der Waals surface area contributed by atoms with Crippen LogP contribution in [0.25, 0.3) is 22.2 Å². The Morgan fingerprint density at radius 1 is 1.22 bits per heavy atom. The van der Waals surface area contributed by atoms with Gasteiger partial charge < -0.3 is 20.1 Å². The molecular formula is C23H23FN4O4. The third-order valence-electron chi connectivity index (χ3n) is 4.78. The number of carbonyl (C=O) groups excluding carboxylic acids is 1. The number of fused-ring (bicyclic) bond motifs is 1. The van der Waals surface area contributed by atoms with Crippen LogP contribution in [0.15, 0.2) is 36.4 Å². The molecule has 1 heterocycles. The minimum absolute atomic E-state index is 0.0441. The largest absolute Gasteiger partial charge is 0.481 e. The molecule has 0 unspecified atom stereocenters. The van der Waals surface area contributed by atoms with Crippen LogP contribution in [0.1, 0.15) is 45.1 Å². The molecule has 3 N–H and O–H groups in total. The Labute approximate surface area is 184 Å². The first-order valence-electron chi connectivity index (χ1n) is 9.90. The van der Waals surface area contributed by atoms with Crippen LogP contribution >= 0.6 is 0 Å². The van der Waals surface area contributed by atoms with Gasteiger partial charge in [-0.15, -0.1) is 0 Å². The second-order valence-corrected chi connectivity index (χ2v) is 8.41. The van der Waals surface area contributed by atoms with Gasteiger partial charge in [0.25, 0.3) is 0 Å². The predicted octanol–water partition coefficient (Wildman–Crippen LogP) is 4.53. The number of aromatic nitrogens is 2. The molecule has 0 aliphatic carbocycles. The lowest BCUT2D eigenvalue weighted by atomic mass is 10.0. The number of benzene rings is 2. The lowest BCUT2D eigenvalue weighted by Crippen LogP contribution is -2.39. The zero-order chi connectivity index (χ0) is 23.6. The molecule has 0 radical (unpaired) electrons. The molecule has 3 rings (SSSR count). The Hall–Kier alpha value is -3.93. The van der Waals surface area contributed by atoms with Crippen molar-refractivity contribution in [3.63, 3.8) is 0 Å². The third-order valence-corrected chi connectivity index (χ3v) is 4.78. The highest BCUT2D eigenvalue weighted by Gasteiger charge is 2.31.